The highest BCUT2D eigenvalue weighted by molar-refractivity contribution is 5.93. The monoisotopic (exact) mass is 324 g/mol. The second-order valence-electron chi connectivity index (χ2n) is 5.60. The van der Waals surface area contributed by atoms with Crippen molar-refractivity contribution in [3.05, 3.63) is 66.5 Å². The molecule has 4 rings (SSSR count). The molecule has 1 unspecified atom stereocenters. The van der Waals surface area contributed by atoms with Gasteiger partial charge in [0.25, 0.3) is 5.91 Å². The second-order valence-corrected chi connectivity index (χ2v) is 5.60. The van der Waals surface area contributed by atoms with Gasteiger partial charge in [-0.2, -0.15) is 5.10 Å². The fourth-order valence-electron chi connectivity index (χ4n) is 2.85. The lowest BCUT2D eigenvalue weighted by Gasteiger charge is -2.33. The predicted molar refractivity (Wildman–Crippen MR) is 84.4 cm³/mol. The van der Waals surface area contributed by atoms with E-state index < -0.39 is 0 Å². The van der Waals surface area contributed by atoms with Crippen molar-refractivity contribution in [3.63, 3.8) is 0 Å². The first-order valence-corrected chi connectivity index (χ1v) is 7.69. The highest BCUT2D eigenvalue weighted by Crippen LogP contribution is 2.23. The maximum Gasteiger partial charge on any atom is 0.257 e. The van der Waals surface area contributed by atoms with Crippen molar-refractivity contribution in [2.75, 3.05) is 13.2 Å². The first-order valence-electron chi connectivity index (χ1n) is 7.69. The van der Waals surface area contributed by atoms with Crippen LogP contribution in [0.15, 0.2) is 59.7 Å². The van der Waals surface area contributed by atoms with Crippen LogP contribution < -0.4 is 4.74 Å². The summed E-state index contributed by atoms with van der Waals surface area (Å²) in [4.78, 5) is 18.5. The van der Waals surface area contributed by atoms with E-state index in [1.165, 1.54) is 12.5 Å². The van der Waals surface area contributed by atoms with Crippen molar-refractivity contribution in [3.8, 4) is 5.88 Å². The van der Waals surface area contributed by atoms with Crippen LogP contribution in [0.25, 0.3) is 0 Å². The Kier molecular flexibility index (Phi) is 3.74. The van der Waals surface area contributed by atoms with E-state index in [-0.39, 0.29) is 11.9 Å². The molecule has 0 saturated heterocycles. The number of hydrogen-bond acceptors (Lipinski definition) is 5. The lowest BCUT2D eigenvalue weighted by molar-refractivity contribution is 0.0630. The molecule has 0 aromatic carbocycles. The van der Waals surface area contributed by atoms with E-state index in [1.807, 2.05) is 22.9 Å². The molecule has 0 spiro atoms. The van der Waals surface area contributed by atoms with Crippen LogP contribution in [-0.2, 0) is 6.54 Å². The van der Waals surface area contributed by atoms with Gasteiger partial charge < -0.3 is 14.1 Å². The molecule has 1 aliphatic heterocycles. The van der Waals surface area contributed by atoms with Gasteiger partial charge in [0.1, 0.15) is 18.9 Å². The summed E-state index contributed by atoms with van der Waals surface area (Å²) in [7, 11) is 0. The molecule has 0 radical (unpaired) electrons. The minimum absolute atomic E-state index is 0.0564. The Labute approximate surface area is 138 Å². The van der Waals surface area contributed by atoms with Crippen LogP contribution in [0.4, 0.5) is 0 Å². The van der Waals surface area contributed by atoms with Crippen LogP contribution in [0.5, 0.6) is 5.88 Å². The molecule has 1 atom stereocenters. The number of fused-ring (bicyclic) bond motifs is 1. The minimum Gasteiger partial charge on any atom is -0.475 e. The number of rotatable bonds is 4. The topological polar surface area (TPSA) is 73.4 Å². The molecule has 0 fully saturated rings. The van der Waals surface area contributed by atoms with Crippen molar-refractivity contribution < 1.29 is 13.9 Å². The van der Waals surface area contributed by atoms with E-state index in [0.717, 1.165) is 5.69 Å². The van der Waals surface area contributed by atoms with Gasteiger partial charge in [-0.1, -0.05) is 6.07 Å². The summed E-state index contributed by atoms with van der Waals surface area (Å²) in [5.41, 5.74) is 1.53. The van der Waals surface area contributed by atoms with Crippen LogP contribution in [0.3, 0.4) is 0 Å². The maximum absolute atomic E-state index is 12.6. The van der Waals surface area contributed by atoms with Gasteiger partial charge in [0.15, 0.2) is 0 Å². The molecule has 0 N–H and O–H groups in total. The SMILES string of the molecule is O=C(c1ccoc1)N1Cc2ccnn2C(COc2ccccn2)C1. The van der Waals surface area contributed by atoms with E-state index >= 15 is 0 Å². The Morgan fingerprint density at radius 2 is 2.25 bits per heavy atom. The van der Waals surface area contributed by atoms with Gasteiger partial charge in [-0.15, -0.1) is 0 Å². The van der Waals surface area contributed by atoms with Crippen molar-refractivity contribution in [1.82, 2.24) is 19.7 Å². The van der Waals surface area contributed by atoms with Gasteiger partial charge in [0, 0.05) is 25.0 Å². The first-order chi connectivity index (χ1) is 11.8. The molecule has 24 heavy (non-hydrogen) atoms. The average Bonchev–Trinajstić information content (AvgIpc) is 3.31. The highest BCUT2D eigenvalue weighted by Gasteiger charge is 2.30. The van der Waals surface area contributed by atoms with Crippen molar-refractivity contribution in [2.45, 2.75) is 12.6 Å². The number of ether oxygens (including phenoxy) is 1. The van der Waals surface area contributed by atoms with Crippen LogP contribution >= 0.6 is 0 Å². The third kappa shape index (κ3) is 2.76. The number of pyridine rings is 1. The Balaban J connectivity index is 1.52. The molecular formula is C17H16N4O3. The zero-order valence-electron chi connectivity index (χ0n) is 12.9. The number of nitrogens with zero attached hydrogens (tertiary/aromatic N) is 4. The Morgan fingerprint density at radius 1 is 1.29 bits per heavy atom. The zero-order valence-corrected chi connectivity index (χ0v) is 12.9. The van der Waals surface area contributed by atoms with Gasteiger partial charge in [0.2, 0.25) is 5.88 Å². The molecule has 122 valence electrons. The zero-order chi connectivity index (χ0) is 16.4. The lowest BCUT2D eigenvalue weighted by Crippen LogP contribution is -2.43. The molecule has 3 aromatic heterocycles. The summed E-state index contributed by atoms with van der Waals surface area (Å²) in [6.45, 7) is 1.43. The molecule has 0 bridgehead atoms. The molecule has 7 nitrogen and oxygen atoms in total. The maximum atomic E-state index is 12.6. The molecule has 0 aliphatic carbocycles. The Morgan fingerprint density at radius 3 is 3.04 bits per heavy atom. The lowest BCUT2D eigenvalue weighted by atomic mass is 10.1. The molecule has 0 saturated carbocycles. The van der Waals surface area contributed by atoms with E-state index in [9.17, 15) is 4.79 Å². The first kappa shape index (κ1) is 14.5. The van der Waals surface area contributed by atoms with Crippen molar-refractivity contribution in [2.24, 2.45) is 0 Å². The molecule has 1 amide bonds. The van der Waals surface area contributed by atoms with E-state index in [2.05, 4.69) is 10.1 Å². The number of hydrogen-bond donors (Lipinski definition) is 0. The van der Waals surface area contributed by atoms with Crippen LogP contribution in [0.1, 0.15) is 22.1 Å². The van der Waals surface area contributed by atoms with E-state index in [0.29, 0.717) is 31.1 Å². The normalized spacial score (nSPS) is 16.7. The van der Waals surface area contributed by atoms with Gasteiger partial charge in [0.05, 0.1) is 24.1 Å². The van der Waals surface area contributed by atoms with Gasteiger partial charge in [-0.3, -0.25) is 9.48 Å². The summed E-state index contributed by atoms with van der Waals surface area (Å²) in [6.07, 6.45) is 6.40. The smallest absolute Gasteiger partial charge is 0.257 e. The Hall–Kier alpha value is -3.09. The number of carbonyl (C=O) groups is 1. The fraction of sp³-hybridized carbons (Fsp3) is 0.235. The number of furan rings is 1. The standard InChI is InChI=1S/C17H16N4O3/c22-17(13-5-8-23-11-13)20-9-14-4-7-19-21(14)15(10-20)12-24-16-3-1-2-6-18-16/h1-8,11,15H,9-10,12H2. The molecule has 4 heterocycles. The average molecular weight is 324 g/mol. The number of carbonyl (C=O) groups excluding carboxylic acids is 1. The van der Waals surface area contributed by atoms with E-state index in [4.69, 9.17) is 9.15 Å². The third-order valence-electron chi connectivity index (χ3n) is 4.00. The summed E-state index contributed by atoms with van der Waals surface area (Å²) < 4.78 is 12.7. The van der Waals surface area contributed by atoms with Crippen LogP contribution in [0, 0.1) is 0 Å². The summed E-state index contributed by atoms with van der Waals surface area (Å²) in [6, 6.07) is 9.04. The molecular weight excluding hydrogens is 308 g/mol. The Bertz CT molecular complexity index is 814. The quantitative estimate of drug-likeness (QED) is 0.735. The van der Waals surface area contributed by atoms with Crippen molar-refractivity contribution in [1.29, 1.82) is 0 Å². The second kappa shape index (κ2) is 6.19. The van der Waals surface area contributed by atoms with E-state index in [1.54, 1.807) is 29.4 Å². The summed E-state index contributed by atoms with van der Waals surface area (Å²) in [5.74, 6) is 0.503. The highest BCUT2D eigenvalue weighted by atomic mass is 16.5. The van der Waals surface area contributed by atoms with Gasteiger partial charge in [-0.25, -0.2) is 4.98 Å². The van der Waals surface area contributed by atoms with Crippen molar-refractivity contribution >= 4 is 5.91 Å². The third-order valence-corrected chi connectivity index (χ3v) is 4.00. The largest absolute Gasteiger partial charge is 0.475 e. The predicted octanol–water partition coefficient (Wildman–Crippen LogP) is 2.15. The molecule has 3 aromatic rings. The van der Waals surface area contributed by atoms with Crippen LogP contribution in [0.2, 0.25) is 0 Å². The minimum atomic E-state index is -0.0680. The number of amides is 1. The van der Waals surface area contributed by atoms with Crippen LogP contribution in [-0.4, -0.2) is 38.7 Å². The summed E-state index contributed by atoms with van der Waals surface area (Å²) in [5, 5.41) is 4.37. The number of aromatic nitrogens is 3. The molecule has 1 aliphatic rings. The fourth-order valence-corrected chi connectivity index (χ4v) is 2.85. The van der Waals surface area contributed by atoms with Gasteiger partial charge in [-0.05, 0) is 18.2 Å². The summed E-state index contributed by atoms with van der Waals surface area (Å²) >= 11 is 0. The van der Waals surface area contributed by atoms with Gasteiger partial charge >= 0.3 is 0 Å². The molecule has 7 heteroatoms.